The summed E-state index contributed by atoms with van der Waals surface area (Å²) in [5.74, 6) is 7.52. The molecule has 0 unspecified atom stereocenters. The highest BCUT2D eigenvalue weighted by Crippen LogP contribution is 2.26. The molecule has 0 radical (unpaired) electrons. The SMILES string of the molecule is CCOc1ccc(-c2nnc(S[C@H](C)C(=O)NC3CCCC3)n2N)cc1. The van der Waals surface area contributed by atoms with E-state index in [1.807, 2.05) is 38.1 Å². The van der Waals surface area contributed by atoms with Gasteiger partial charge in [-0.2, -0.15) is 0 Å². The summed E-state index contributed by atoms with van der Waals surface area (Å²) in [6.07, 6.45) is 4.51. The third-order valence-corrected chi connectivity index (χ3v) is 5.50. The van der Waals surface area contributed by atoms with E-state index < -0.39 is 0 Å². The first kappa shape index (κ1) is 18.6. The molecule has 1 aliphatic carbocycles. The zero-order valence-corrected chi connectivity index (χ0v) is 16.0. The van der Waals surface area contributed by atoms with Crippen molar-refractivity contribution in [3.63, 3.8) is 0 Å². The quantitative estimate of drug-likeness (QED) is 0.570. The first-order valence-corrected chi connectivity index (χ1v) is 9.87. The Balaban J connectivity index is 1.65. The fourth-order valence-corrected chi connectivity index (χ4v) is 3.80. The predicted molar refractivity (Wildman–Crippen MR) is 102 cm³/mol. The van der Waals surface area contributed by atoms with E-state index >= 15 is 0 Å². The summed E-state index contributed by atoms with van der Waals surface area (Å²) in [7, 11) is 0. The molecule has 26 heavy (non-hydrogen) atoms. The monoisotopic (exact) mass is 375 g/mol. The number of nitrogens with zero attached hydrogens (tertiary/aromatic N) is 3. The highest BCUT2D eigenvalue weighted by molar-refractivity contribution is 8.00. The minimum absolute atomic E-state index is 0.0208. The maximum Gasteiger partial charge on any atom is 0.233 e. The van der Waals surface area contributed by atoms with Crippen molar-refractivity contribution in [2.75, 3.05) is 12.4 Å². The largest absolute Gasteiger partial charge is 0.494 e. The van der Waals surface area contributed by atoms with Gasteiger partial charge in [-0.1, -0.05) is 24.6 Å². The Bertz CT molecular complexity index is 741. The van der Waals surface area contributed by atoms with Crippen molar-refractivity contribution < 1.29 is 9.53 Å². The molecule has 1 fully saturated rings. The van der Waals surface area contributed by atoms with Crippen LogP contribution in [0.15, 0.2) is 29.4 Å². The Kier molecular flexibility index (Phi) is 6.03. The summed E-state index contributed by atoms with van der Waals surface area (Å²) in [4.78, 5) is 12.3. The van der Waals surface area contributed by atoms with Crippen molar-refractivity contribution in [3.8, 4) is 17.1 Å². The van der Waals surface area contributed by atoms with Crippen LogP contribution in [0.5, 0.6) is 5.75 Å². The minimum Gasteiger partial charge on any atom is -0.494 e. The number of nitrogens with two attached hydrogens (primary N) is 1. The van der Waals surface area contributed by atoms with Crippen LogP contribution in [0.2, 0.25) is 0 Å². The normalized spacial score (nSPS) is 15.8. The van der Waals surface area contributed by atoms with Crippen molar-refractivity contribution in [3.05, 3.63) is 24.3 Å². The number of nitrogen functional groups attached to an aromatic ring is 1. The van der Waals surface area contributed by atoms with Gasteiger partial charge in [-0.25, -0.2) is 4.68 Å². The molecular weight excluding hydrogens is 350 g/mol. The zero-order valence-electron chi connectivity index (χ0n) is 15.1. The van der Waals surface area contributed by atoms with E-state index in [0.29, 0.717) is 23.6 Å². The summed E-state index contributed by atoms with van der Waals surface area (Å²) in [6.45, 7) is 4.42. The molecule has 0 aliphatic heterocycles. The fraction of sp³-hybridized carbons (Fsp3) is 0.500. The number of carbonyl (C=O) groups is 1. The number of carbonyl (C=O) groups excluding carboxylic acids is 1. The van der Waals surface area contributed by atoms with E-state index in [2.05, 4.69) is 15.5 Å². The number of amides is 1. The molecule has 1 aromatic heterocycles. The summed E-state index contributed by atoms with van der Waals surface area (Å²) >= 11 is 1.32. The van der Waals surface area contributed by atoms with Gasteiger partial charge in [0, 0.05) is 11.6 Å². The Hall–Kier alpha value is -2.22. The molecule has 1 amide bonds. The van der Waals surface area contributed by atoms with Gasteiger partial charge in [0.25, 0.3) is 0 Å². The molecule has 1 saturated carbocycles. The van der Waals surface area contributed by atoms with Crippen LogP contribution in [0, 0.1) is 0 Å². The van der Waals surface area contributed by atoms with Crippen molar-refractivity contribution in [2.24, 2.45) is 0 Å². The van der Waals surface area contributed by atoms with Gasteiger partial charge in [-0.15, -0.1) is 10.2 Å². The highest BCUT2D eigenvalue weighted by Gasteiger charge is 2.23. The average molecular weight is 375 g/mol. The van der Waals surface area contributed by atoms with Gasteiger partial charge in [-0.3, -0.25) is 4.79 Å². The summed E-state index contributed by atoms with van der Waals surface area (Å²) in [5, 5.41) is 11.7. The smallest absolute Gasteiger partial charge is 0.233 e. The van der Waals surface area contributed by atoms with Crippen molar-refractivity contribution in [1.29, 1.82) is 0 Å². The number of aromatic nitrogens is 3. The lowest BCUT2D eigenvalue weighted by molar-refractivity contribution is -0.120. The molecule has 1 aliphatic rings. The molecule has 0 bridgehead atoms. The highest BCUT2D eigenvalue weighted by atomic mass is 32.2. The van der Waals surface area contributed by atoms with E-state index in [1.165, 1.54) is 29.3 Å². The van der Waals surface area contributed by atoms with Crippen LogP contribution >= 0.6 is 11.8 Å². The Morgan fingerprint density at radius 1 is 1.35 bits per heavy atom. The van der Waals surface area contributed by atoms with Crippen LogP contribution in [0.3, 0.4) is 0 Å². The minimum atomic E-state index is -0.282. The first-order valence-electron chi connectivity index (χ1n) is 8.99. The van der Waals surface area contributed by atoms with Crippen LogP contribution in [-0.2, 0) is 4.79 Å². The van der Waals surface area contributed by atoms with Crippen molar-refractivity contribution >= 4 is 17.7 Å². The molecule has 140 valence electrons. The molecule has 1 heterocycles. The molecule has 7 nitrogen and oxygen atoms in total. The topological polar surface area (TPSA) is 95.1 Å². The Morgan fingerprint density at radius 3 is 2.69 bits per heavy atom. The average Bonchev–Trinajstić information content (AvgIpc) is 3.27. The maximum absolute atomic E-state index is 12.3. The number of nitrogens with one attached hydrogen (secondary N) is 1. The zero-order chi connectivity index (χ0) is 18.5. The molecule has 2 aromatic rings. The van der Waals surface area contributed by atoms with Gasteiger partial charge in [0.1, 0.15) is 5.75 Å². The Morgan fingerprint density at radius 2 is 2.04 bits per heavy atom. The molecule has 1 atom stereocenters. The number of ether oxygens (including phenoxy) is 1. The van der Waals surface area contributed by atoms with E-state index in [1.54, 1.807) is 0 Å². The molecular formula is C18H25N5O2S. The first-order chi connectivity index (χ1) is 12.6. The number of rotatable bonds is 7. The van der Waals surface area contributed by atoms with Crippen LogP contribution < -0.4 is 15.9 Å². The van der Waals surface area contributed by atoms with Gasteiger partial charge in [0.2, 0.25) is 11.1 Å². The van der Waals surface area contributed by atoms with Gasteiger partial charge >= 0.3 is 0 Å². The molecule has 0 saturated heterocycles. The van der Waals surface area contributed by atoms with Gasteiger partial charge in [0.05, 0.1) is 11.9 Å². The second-order valence-corrected chi connectivity index (χ2v) is 7.69. The van der Waals surface area contributed by atoms with E-state index in [4.69, 9.17) is 10.6 Å². The second-order valence-electron chi connectivity index (χ2n) is 6.38. The number of hydrogen-bond acceptors (Lipinski definition) is 6. The summed E-state index contributed by atoms with van der Waals surface area (Å²) in [5.41, 5.74) is 0.846. The van der Waals surface area contributed by atoms with Gasteiger partial charge in [0.15, 0.2) is 5.82 Å². The van der Waals surface area contributed by atoms with Gasteiger partial charge in [-0.05, 0) is 51.0 Å². The van der Waals surface area contributed by atoms with Crippen LogP contribution in [-0.4, -0.2) is 38.7 Å². The fourth-order valence-electron chi connectivity index (χ4n) is 3.02. The van der Waals surface area contributed by atoms with E-state index in [-0.39, 0.29) is 11.2 Å². The lowest BCUT2D eigenvalue weighted by Crippen LogP contribution is -2.37. The van der Waals surface area contributed by atoms with Crippen molar-refractivity contribution in [1.82, 2.24) is 20.2 Å². The number of thioether (sulfide) groups is 1. The Labute approximate surface area is 157 Å². The molecule has 1 aromatic carbocycles. The molecule has 3 N–H and O–H groups in total. The van der Waals surface area contributed by atoms with E-state index in [9.17, 15) is 4.79 Å². The third-order valence-electron chi connectivity index (χ3n) is 4.44. The van der Waals surface area contributed by atoms with Crippen molar-refractivity contribution in [2.45, 2.75) is 56.0 Å². The van der Waals surface area contributed by atoms with E-state index in [0.717, 1.165) is 24.2 Å². The lowest BCUT2D eigenvalue weighted by atomic mass is 10.2. The number of benzene rings is 1. The van der Waals surface area contributed by atoms with Crippen LogP contribution in [0.25, 0.3) is 11.4 Å². The van der Waals surface area contributed by atoms with Gasteiger partial charge < -0.3 is 15.9 Å². The number of hydrogen-bond donors (Lipinski definition) is 2. The standard InChI is InChI=1S/C18H25N5O2S/c1-3-25-15-10-8-13(9-11-15)16-21-22-18(23(16)19)26-12(2)17(24)20-14-6-4-5-7-14/h8-12,14H,3-7,19H2,1-2H3,(H,20,24)/t12-/m1/s1. The summed E-state index contributed by atoms with van der Waals surface area (Å²) in [6, 6.07) is 7.84. The molecule has 8 heteroatoms. The van der Waals surface area contributed by atoms with Crippen LogP contribution in [0.4, 0.5) is 0 Å². The summed E-state index contributed by atoms with van der Waals surface area (Å²) < 4.78 is 6.87. The third kappa shape index (κ3) is 4.30. The van der Waals surface area contributed by atoms with Crippen LogP contribution in [0.1, 0.15) is 39.5 Å². The maximum atomic E-state index is 12.3. The molecule has 3 rings (SSSR count). The lowest BCUT2D eigenvalue weighted by Gasteiger charge is -2.15. The molecule has 0 spiro atoms. The predicted octanol–water partition coefficient (Wildman–Crippen LogP) is 2.60. The second kappa shape index (κ2) is 8.44.